The number of benzene rings is 2. The molecule has 0 heterocycles. The van der Waals surface area contributed by atoms with Crippen molar-refractivity contribution in [2.75, 3.05) is 5.32 Å². The van der Waals surface area contributed by atoms with Crippen LogP contribution in [0.15, 0.2) is 65.3 Å². The van der Waals surface area contributed by atoms with Gasteiger partial charge in [-0.1, -0.05) is 22.0 Å². The lowest BCUT2D eigenvalue weighted by atomic mass is 10.1. The first-order chi connectivity index (χ1) is 10.1. The van der Waals surface area contributed by atoms with Crippen LogP contribution >= 0.6 is 15.9 Å². The van der Waals surface area contributed by atoms with E-state index < -0.39 is 5.91 Å². The van der Waals surface area contributed by atoms with Crippen molar-refractivity contribution in [2.45, 2.75) is 0 Å². The van der Waals surface area contributed by atoms with Crippen molar-refractivity contribution in [1.29, 1.82) is 0 Å². The summed E-state index contributed by atoms with van der Waals surface area (Å²) in [7, 11) is 0. The SMILES string of the molecule is NC(=O)c1cccc(N/C=C/C(=O)c2ccc(Br)cc2)c1. The number of carbonyl (C=O) groups is 2. The van der Waals surface area contributed by atoms with E-state index in [-0.39, 0.29) is 5.78 Å². The van der Waals surface area contributed by atoms with Gasteiger partial charge in [-0.25, -0.2) is 0 Å². The zero-order chi connectivity index (χ0) is 15.2. The molecular formula is C16H13BrN2O2. The zero-order valence-corrected chi connectivity index (χ0v) is 12.6. The summed E-state index contributed by atoms with van der Waals surface area (Å²) >= 11 is 3.32. The van der Waals surface area contributed by atoms with Crippen molar-refractivity contribution >= 4 is 33.3 Å². The summed E-state index contributed by atoms with van der Waals surface area (Å²) in [5.74, 6) is -0.602. The van der Waals surface area contributed by atoms with Gasteiger partial charge in [0, 0.05) is 33.6 Å². The van der Waals surface area contributed by atoms with Gasteiger partial charge in [0.25, 0.3) is 0 Å². The predicted molar refractivity (Wildman–Crippen MR) is 86.2 cm³/mol. The van der Waals surface area contributed by atoms with E-state index >= 15 is 0 Å². The third-order valence-corrected chi connectivity index (χ3v) is 3.29. The van der Waals surface area contributed by atoms with Gasteiger partial charge in [-0.2, -0.15) is 0 Å². The van der Waals surface area contributed by atoms with Crippen LogP contribution in [0.5, 0.6) is 0 Å². The lowest BCUT2D eigenvalue weighted by Crippen LogP contribution is -2.10. The Hall–Kier alpha value is -2.40. The average Bonchev–Trinajstić information content (AvgIpc) is 2.48. The number of ketones is 1. The highest BCUT2D eigenvalue weighted by Crippen LogP contribution is 2.12. The van der Waals surface area contributed by atoms with Crippen molar-refractivity contribution in [3.05, 3.63) is 76.4 Å². The third kappa shape index (κ3) is 4.29. The van der Waals surface area contributed by atoms with Crippen molar-refractivity contribution in [3.63, 3.8) is 0 Å². The second-order valence-electron chi connectivity index (χ2n) is 4.29. The maximum atomic E-state index is 11.9. The average molecular weight is 345 g/mol. The molecule has 2 rings (SSSR count). The van der Waals surface area contributed by atoms with E-state index in [1.165, 1.54) is 12.3 Å². The topological polar surface area (TPSA) is 72.2 Å². The number of nitrogens with two attached hydrogens (primary N) is 1. The van der Waals surface area contributed by atoms with Gasteiger partial charge in [0.1, 0.15) is 0 Å². The normalized spacial score (nSPS) is 10.5. The summed E-state index contributed by atoms with van der Waals surface area (Å²) in [5.41, 5.74) is 6.90. The maximum Gasteiger partial charge on any atom is 0.248 e. The van der Waals surface area contributed by atoms with Gasteiger partial charge >= 0.3 is 0 Å². The molecule has 0 unspecified atom stereocenters. The number of carbonyl (C=O) groups excluding carboxylic acids is 2. The predicted octanol–water partition coefficient (Wildman–Crippen LogP) is 3.36. The van der Waals surface area contributed by atoms with Crippen LogP contribution in [0, 0.1) is 0 Å². The lowest BCUT2D eigenvalue weighted by molar-refractivity contribution is 0.0998. The van der Waals surface area contributed by atoms with E-state index in [2.05, 4.69) is 21.2 Å². The first-order valence-electron chi connectivity index (χ1n) is 6.19. The molecule has 1 amide bonds. The molecule has 0 fully saturated rings. The Morgan fingerprint density at radius 2 is 1.76 bits per heavy atom. The summed E-state index contributed by atoms with van der Waals surface area (Å²) in [6.07, 6.45) is 2.96. The van der Waals surface area contributed by atoms with Crippen LogP contribution in [-0.4, -0.2) is 11.7 Å². The second kappa shape index (κ2) is 6.85. The number of primary amides is 1. The monoisotopic (exact) mass is 344 g/mol. The van der Waals surface area contributed by atoms with E-state index in [1.807, 2.05) is 12.1 Å². The smallest absolute Gasteiger partial charge is 0.248 e. The van der Waals surface area contributed by atoms with Gasteiger partial charge in [0.15, 0.2) is 5.78 Å². The van der Waals surface area contributed by atoms with Crippen LogP contribution in [0.1, 0.15) is 20.7 Å². The fraction of sp³-hybridized carbons (Fsp3) is 0. The quantitative estimate of drug-likeness (QED) is 0.645. The Bertz CT molecular complexity index is 694. The van der Waals surface area contributed by atoms with Gasteiger partial charge < -0.3 is 11.1 Å². The lowest BCUT2D eigenvalue weighted by Gasteiger charge is -2.02. The maximum absolute atomic E-state index is 11.9. The number of allylic oxidation sites excluding steroid dienone is 1. The largest absolute Gasteiger partial charge is 0.366 e. The highest BCUT2D eigenvalue weighted by atomic mass is 79.9. The van der Waals surface area contributed by atoms with Gasteiger partial charge in [-0.05, 0) is 42.5 Å². The van der Waals surface area contributed by atoms with Crippen LogP contribution in [0.2, 0.25) is 0 Å². The fourth-order valence-corrected chi connectivity index (χ4v) is 1.95. The Morgan fingerprint density at radius 3 is 2.43 bits per heavy atom. The molecular weight excluding hydrogens is 332 g/mol. The van der Waals surface area contributed by atoms with E-state index in [0.29, 0.717) is 16.8 Å². The van der Waals surface area contributed by atoms with E-state index in [0.717, 1.165) is 4.47 Å². The summed E-state index contributed by atoms with van der Waals surface area (Å²) in [5, 5.41) is 2.93. The number of halogens is 1. The molecule has 0 aliphatic rings. The molecule has 2 aromatic rings. The molecule has 0 aliphatic carbocycles. The highest BCUT2D eigenvalue weighted by Gasteiger charge is 2.02. The van der Waals surface area contributed by atoms with Crippen molar-refractivity contribution in [1.82, 2.24) is 0 Å². The van der Waals surface area contributed by atoms with Crippen molar-refractivity contribution < 1.29 is 9.59 Å². The van der Waals surface area contributed by atoms with Crippen LogP contribution in [0.25, 0.3) is 0 Å². The number of amides is 1. The molecule has 0 saturated carbocycles. The van der Waals surface area contributed by atoms with Gasteiger partial charge in [-0.15, -0.1) is 0 Å². The number of nitrogens with one attached hydrogen (secondary N) is 1. The van der Waals surface area contributed by atoms with Crippen molar-refractivity contribution in [2.24, 2.45) is 5.73 Å². The van der Waals surface area contributed by atoms with Gasteiger partial charge in [0.2, 0.25) is 5.91 Å². The molecule has 0 aromatic heterocycles. The molecule has 21 heavy (non-hydrogen) atoms. The highest BCUT2D eigenvalue weighted by molar-refractivity contribution is 9.10. The standard InChI is InChI=1S/C16H13BrN2O2/c17-13-6-4-11(5-7-13)15(20)8-9-19-14-3-1-2-12(10-14)16(18)21/h1-10,19H,(H2,18,21)/b9-8+. The molecule has 0 spiro atoms. The van der Waals surface area contributed by atoms with Crippen LogP contribution in [0.4, 0.5) is 5.69 Å². The minimum atomic E-state index is -0.492. The first kappa shape index (κ1) is 15.0. The van der Waals surface area contributed by atoms with Gasteiger partial charge in [0.05, 0.1) is 0 Å². The number of rotatable bonds is 5. The Labute approximate surface area is 130 Å². The van der Waals surface area contributed by atoms with Crippen LogP contribution < -0.4 is 11.1 Å². The molecule has 4 nitrogen and oxygen atoms in total. The minimum Gasteiger partial charge on any atom is -0.366 e. The van der Waals surface area contributed by atoms with Crippen molar-refractivity contribution in [3.8, 4) is 0 Å². The molecule has 2 aromatic carbocycles. The van der Waals surface area contributed by atoms with E-state index in [4.69, 9.17) is 5.73 Å². The molecule has 0 radical (unpaired) electrons. The third-order valence-electron chi connectivity index (χ3n) is 2.76. The Morgan fingerprint density at radius 1 is 1.05 bits per heavy atom. The molecule has 5 heteroatoms. The summed E-state index contributed by atoms with van der Waals surface area (Å²) < 4.78 is 0.921. The molecule has 0 aliphatic heterocycles. The van der Waals surface area contributed by atoms with Gasteiger partial charge in [-0.3, -0.25) is 9.59 Å². The van der Waals surface area contributed by atoms with E-state index in [9.17, 15) is 9.59 Å². The molecule has 0 atom stereocenters. The summed E-state index contributed by atoms with van der Waals surface area (Å²) in [6.45, 7) is 0. The zero-order valence-electron chi connectivity index (χ0n) is 11.0. The molecule has 3 N–H and O–H groups in total. The molecule has 0 saturated heterocycles. The second-order valence-corrected chi connectivity index (χ2v) is 5.21. The number of hydrogen-bond donors (Lipinski definition) is 2. The Balaban J connectivity index is 2.02. The minimum absolute atomic E-state index is 0.110. The fourth-order valence-electron chi connectivity index (χ4n) is 1.69. The Kier molecular flexibility index (Phi) is 4.90. The van der Waals surface area contributed by atoms with Crippen LogP contribution in [-0.2, 0) is 0 Å². The summed E-state index contributed by atoms with van der Waals surface area (Å²) in [6, 6.07) is 13.8. The number of anilines is 1. The van der Waals surface area contributed by atoms with Crippen LogP contribution in [0.3, 0.4) is 0 Å². The molecule has 106 valence electrons. The first-order valence-corrected chi connectivity index (χ1v) is 6.98. The summed E-state index contributed by atoms with van der Waals surface area (Å²) in [4.78, 5) is 23.0. The van der Waals surface area contributed by atoms with E-state index in [1.54, 1.807) is 36.4 Å². The molecule has 0 bridgehead atoms. The number of hydrogen-bond acceptors (Lipinski definition) is 3.